The van der Waals surface area contributed by atoms with E-state index in [0.29, 0.717) is 6.54 Å². The van der Waals surface area contributed by atoms with Gasteiger partial charge in [0.05, 0.1) is 6.17 Å². The smallest absolute Gasteiger partial charge is 0.127 e. The predicted molar refractivity (Wildman–Crippen MR) is 112 cm³/mol. The van der Waals surface area contributed by atoms with E-state index in [1.165, 1.54) is 22.3 Å². The molecule has 0 saturated carbocycles. The minimum atomic E-state index is -0.123. The first-order valence-corrected chi connectivity index (χ1v) is 9.94. The molecule has 3 aromatic rings. The van der Waals surface area contributed by atoms with Crippen LogP contribution in [-0.4, -0.2) is 22.9 Å². The van der Waals surface area contributed by atoms with Crippen LogP contribution in [0.25, 0.3) is 0 Å². The molecule has 4 rings (SSSR count). The summed E-state index contributed by atoms with van der Waals surface area (Å²) >= 11 is 0. The van der Waals surface area contributed by atoms with Crippen molar-refractivity contribution in [2.45, 2.75) is 33.1 Å². The van der Waals surface area contributed by atoms with Gasteiger partial charge in [0.25, 0.3) is 0 Å². The molecule has 0 amide bonds. The zero-order valence-corrected chi connectivity index (χ0v) is 16.6. The lowest BCUT2D eigenvalue weighted by molar-refractivity contribution is 0.125. The Morgan fingerprint density at radius 3 is 2.21 bits per heavy atom. The SMILES string of the molecule is Cc1ccc([C@H]2N(Cc3cccc(C)c3)CCN2Cc2ccccc2F)cc1. The van der Waals surface area contributed by atoms with Gasteiger partial charge in [0.15, 0.2) is 0 Å². The van der Waals surface area contributed by atoms with Crippen LogP contribution in [0.2, 0.25) is 0 Å². The van der Waals surface area contributed by atoms with Crippen LogP contribution in [0, 0.1) is 19.7 Å². The van der Waals surface area contributed by atoms with Gasteiger partial charge in [-0.1, -0.05) is 77.9 Å². The largest absolute Gasteiger partial charge is 0.279 e. The molecular weight excluding hydrogens is 347 g/mol. The Morgan fingerprint density at radius 1 is 0.786 bits per heavy atom. The average molecular weight is 375 g/mol. The Labute approximate surface area is 167 Å². The van der Waals surface area contributed by atoms with Crippen molar-refractivity contribution < 1.29 is 4.39 Å². The zero-order chi connectivity index (χ0) is 19.5. The molecule has 0 bridgehead atoms. The summed E-state index contributed by atoms with van der Waals surface area (Å²) in [6.45, 7) is 7.67. The van der Waals surface area contributed by atoms with Crippen LogP contribution >= 0.6 is 0 Å². The molecule has 0 aliphatic carbocycles. The highest BCUT2D eigenvalue weighted by Gasteiger charge is 2.33. The van der Waals surface area contributed by atoms with Crippen LogP contribution in [-0.2, 0) is 13.1 Å². The van der Waals surface area contributed by atoms with E-state index in [4.69, 9.17) is 0 Å². The number of hydrogen-bond donors (Lipinski definition) is 0. The number of rotatable bonds is 5. The highest BCUT2D eigenvalue weighted by molar-refractivity contribution is 5.27. The maximum atomic E-state index is 14.3. The molecule has 1 atom stereocenters. The van der Waals surface area contributed by atoms with Crippen LogP contribution in [0.15, 0.2) is 72.8 Å². The van der Waals surface area contributed by atoms with Gasteiger partial charge in [-0.25, -0.2) is 4.39 Å². The molecule has 1 aliphatic heterocycles. The fraction of sp³-hybridized carbons (Fsp3) is 0.280. The van der Waals surface area contributed by atoms with Gasteiger partial charge >= 0.3 is 0 Å². The van der Waals surface area contributed by atoms with E-state index in [0.717, 1.165) is 25.2 Å². The van der Waals surface area contributed by atoms with Gasteiger partial charge in [-0.2, -0.15) is 0 Å². The topological polar surface area (TPSA) is 6.48 Å². The molecule has 1 fully saturated rings. The molecule has 1 heterocycles. The Morgan fingerprint density at radius 2 is 1.50 bits per heavy atom. The number of nitrogens with zero attached hydrogens (tertiary/aromatic N) is 2. The molecule has 28 heavy (non-hydrogen) atoms. The maximum absolute atomic E-state index is 14.3. The minimum Gasteiger partial charge on any atom is -0.279 e. The van der Waals surface area contributed by atoms with Crippen molar-refractivity contribution in [1.29, 1.82) is 0 Å². The van der Waals surface area contributed by atoms with Gasteiger partial charge in [-0.3, -0.25) is 9.80 Å². The van der Waals surface area contributed by atoms with Crippen molar-refractivity contribution in [3.05, 3.63) is 106 Å². The van der Waals surface area contributed by atoms with Gasteiger partial charge in [0.1, 0.15) is 5.82 Å². The monoisotopic (exact) mass is 374 g/mol. The lowest BCUT2D eigenvalue weighted by atomic mass is 10.1. The van der Waals surface area contributed by atoms with Crippen molar-refractivity contribution in [3.8, 4) is 0 Å². The first-order valence-electron chi connectivity index (χ1n) is 9.94. The first kappa shape index (κ1) is 18.9. The summed E-state index contributed by atoms with van der Waals surface area (Å²) in [4.78, 5) is 4.89. The molecule has 0 radical (unpaired) electrons. The summed E-state index contributed by atoms with van der Waals surface area (Å²) in [5.74, 6) is -0.123. The van der Waals surface area contributed by atoms with E-state index < -0.39 is 0 Å². The van der Waals surface area contributed by atoms with Gasteiger partial charge in [0.2, 0.25) is 0 Å². The van der Waals surface area contributed by atoms with Crippen molar-refractivity contribution in [1.82, 2.24) is 9.80 Å². The number of benzene rings is 3. The summed E-state index contributed by atoms with van der Waals surface area (Å²) in [6, 6.07) is 24.6. The summed E-state index contributed by atoms with van der Waals surface area (Å²) in [6.07, 6.45) is 0.153. The van der Waals surface area contributed by atoms with Crippen LogP contribution in [0.4, 0.5) is 4.39 Å². The first-order chi connectivity index (χ1) is 13.6. The molecule has 1 aliphatic rings. The Kier molecular flexibility index (Phi) is 5.56. The maximum Gasteiger partial charge on any atom is 0.127 e. The fourth-order valence-electron chi connectivity index (χ4n) is 4.11. The third-order valence-electron chi connectivity index (χ3n) is 5.54. The fourth-order valence-corrected chi connectivity index (χ4v) is 4.11. The van der Waals surface area contributed by atoms with Crippen molar-refractivity contribution in [2.24, 2.45) is 0 Å². The second-order valence-electron chi connectivity index (χ2n) is 7.81. The van der Waals surface area contributed by atoms with E-state index >= 15 is 0 Å². The summed E-state index contributed by atoms with van der Waals surface area (Å²) in [5, 5.41) is 0. The number of aryl methyl sites for hydroxylation is 2. The molecular formula is C25H27FN2. The van der Waals surface area contributed by atoms with Crippen molar-refractivity contribution in [3.63, 3.8) is 0 Å². The van der Waals surface area contributed by atoms with E-state index in [1.54, 1.807) is 12.1 Å². The van der Waals surface area contributed by atoms with Gasteiger partial charge in [0, 0.05) is 31.7 Å². The van der Waals surface area contributed by atoms with Gasteiger partial charge in [-0.15, -0.1) is 0 Å². The third kappa shape index (κ3) is 4.16. The predicted octanol–water partition coefficient (Wildman–Crippen LogP) is 5.46. The summed E-state index contributed by atoms with van der Waals surface area (Å²) < 4.78 is 14.3. The number of halogens is 1. The zero-order valence-electron chi connectivity index (χ0n) is 16.6. The molecule has 3 heteroatoms. The van der Waals surface area contributed by atoms with Crippen molar-refractivity contribution in [2.75, 3.05) is 13.1 Å². The molecule has 0 N–H and O–H groups in total. The minimum absolute atomic E-state index is 0.123. The van der Waals surface area contributed by atoms with E-state index in [2.05, 4.69) is 72.2 Å². The van der Waals surface area contributed by atoms with Crippen LogP contribution in [0.5, 0.6) is 0 Å². The molecule has 144 valence electrons. The Balaban J connectivity index is 1.62. The second kappa shape index (κ2) is 8.26. The van der Waals surface area contributed by atoms with E-state index in [9.17, 15) is 4.39 Å². The van der Waals surface area contributed by atoms with Crippen LogP contribution < -0.4 is 0 Å². The third-order valence-corrected chi connectivity index (χ3v) is 5.54. The average Bonchev–Trinajstić information content (AvgIpc) is 3.06. The molecule has 3 aromatic carbocycles. The van der Waals surface area contributed by atoms with E-state index in [-0.39, 0.29) is 12.0 Å². The molecule has 0 spiro atoms. The Bertz CT molecular complexity index is 935. The highest BCUT2D eigenvalue weighted by atomic mass is 19.1. The molecule has 0 aromatic heterocycles. The van der Waals surface area contributed by atoms with Gasteiger partial charge in [-0.05, 0) is 31.0 Å². The summed E-state index contributed by atoms with van der Waals surface area (Å²) in [7, 11) is 0. The normalized spacial score (nSPS) is 17.9. The second-order valence-corrected chi connectivity index (χ2v) is 7.81. The molecule has 1 saturated heterocycles. The molecule has 2 nitrogen and oxygen atoms in total. The lowest BCUT2D eigenvalue weighted by Crippen LogP contribution is -2.30. The quantitative estimate of drug-likeness (QED) is 0.585. The number of hydrogen-bond acceptors (Lipinski definition) is 2. The highest BCUT2D eigenvalue weighted by Crippen LogP contribution is 2.33. The standard InChI is InChI=1S/C25H27FN2/c1-19-10-12-22(13-11-19)25-27(17-21-7-5-6-20(2)16-21)14-15-28(25)18-23-8-3-4-9-24(23)26/h3-13,16,25H,14-15,17-18H2,1-2H3/t25-/m0/s1. The van der Waals surface area contributed by atoms with Crippen LogP contribution in [0.1, 0.15) is 34.0 Å². The lowest BCUT2D eigenvalue weighted by Gasteiger charge is -2.31. The van der Waals surface area contributed by atoms with Crippen LogP contribution in [0.3, 0.4) is 0 Å². The molecule has 0 unspecified atom stereocenters. The Hall–Kier alpha value is -2.49. The van der Waals surface area contributed by atoms with E-state index in [1.807, 2.05) is 12.1 Å². The summed E-state index contributed by atoms with van der Waals surface area (Å²) in [5.41, 5.74) is 5.90. The van der Waals surface area contributed by atoms with Crippen molar-refractivity contribution >= 4 is 0 Å². The van der Waals surface area contributed by atoms with Gasteiger partial charge < -0.3 is 0 Å².